The highest BCUT2D eigenvalue weighted by atomic mass is 35.5. The van der Waals surface area contributed by atoms with Gasteiger partial charge in [-0.15, -0.1) is 0 Å². The second kappa shape index (κ2) is 9.55. The zero-order chi connectivity index (χ0) is 18.1. The number of hydrogen-bond donors (Lipinski definition) is 1. The second-order valence-corrected chi connectivity index (χ2v) is 5.74. The summed E-state index contributed by atoms with van der Waals surface area (Å²) >= 11 is 6.08. The Bertz CT molecular complexity index is 757. The first kappa shape index (κ1) is 18.6. The van der Waals surface area contributed by atoms with Gasteiger partial charge in [0.15, 0.2) is 18.1 Å². The Hall–Kier alpha value is -2.71. The summed E-state index contributed by atoms with van der Waals surface area (Å²) < 4.78 is 10.6. The van der Waals surface area contributed by atoms with Crippen molar-refractivity contribution >= 4 is 17.5 Å². The molecular formula is C19H19ClN2O3. The van der Waals surface area contributed by atoms with E-state index >= 15 is 0 Å². The number of aryl methyl sites for hydroxylation is 1. The summed E-state index contributed by atoms with van der Waals surface area (Å²) in [6, 6.07) is 15.1. The Labute approximate surface area is 152 Å². The lowest BCUT2D eigenvalue weighted by molar-refractivity contribution is -0.123. The molecule has 0 saturated heterocycles. The van der Waals surface area contributed by atoms with Gasteiger partial charge in [0, 0.05) is 12.6 Å². The molecule has 0 heterocycles. The number of hydrogen-bond acceptors (Lipinski definition) is 4. The number of benzene rings is 2. The monoisotopic (exact) mass is 358 g/mol. The molecule has 2 rings (SSSR count). The van der Waals surface area contributed by atoms with Crippen molar-refractivity contribution in [3.8, 4) is 17.6 Å². The fourth-order valence-electron chi connectivity index (χ4n) is 2.28. The van der Waals surface area contributed by atoms with Crippen molar-refractivity contribution in [3.63, 3.8) is 0 Å². The molecular weight excluding hydrogens is 340 g/mol. The smallest absolute Gasteiger partial charge is 0.257 e. The third kappa shape index (κ3) is 5.70. The van der Waals surface area contributed by atoms with E-state index in [9.17, 15) is 4.79 Å². The first-order valence-corrected chi connectivity index (χ1v) is 8.23. The van der Waals surface area contributed by atoms with Crippen LogP contribution in [0.15, 0.2) is 42.5 Å². The molecule has 0 aliphatic rings. The molecule has 1 N–H and O–H groups in total. The molecule has 25 heavy (non-hydrogen) atoms. The van der Waals surface area contributed by atoms with Crippen LogP contribution in [-0.2, 0) is 11.2 Å². The first-order chi connectivity index (χ1) is 12.1. The molecule has 5 nitrogen and oxygen atoms in total. The maximum absolute atomic E-state index is 11.9. The maximum atomic E-state index is 11.9. The van der Waals surface area contributed by atoms with Gasteiger partial charge in [-0.3, -0.25) is 4.79 Å². The fourth-order valence-corrected chi connectivity index (χ4v) is 2.54. The Kier molecular flexibility index (Phi) is 7.12. The van der Waals surface area contributed by atoms with Crippen molar-refractivity contribution in [2.45, 2.75) is 12.8 Å². The first-order valence-electron chi connectivity index (χ1n) is 7.85. The number of nitrogens with zero attached hydrogens (tertiary/aromatic N) is 1. The van der Waals surface area contributed by atoms with Crippen molar-refractivity contribution in [1.29, 1.82) is 5.26 Å². The molecule has 0 aliphatic heterocycles. The predicted octanol–water partition coefficient (Wildman–Crippen LogP) is 3.35. The van der Waals surface area contributed by atoms with E-state index in [0.717, 1.165) is 12.8 Å². The minimum atomic E-state index is -0.240. The lowest BCUT2D eigenvalue weighted by Crippen LogP contribution is -2.30. The highest BCUT2D eigenvalue weighted by Crippen LogP contribution is 2.36. The van der Waals surface area contributed by atoms with Gasteiger partial charge in [-0.2, -0.15) is 5.26 Å². The number of rotatable bonds is 8. The van der Waals surface area contributed by atoms with Crippen molar-refractivity contribution in [2.24, 2.45) is 0 Å². The zero-order valence-corrected chi connectivity index (χ0v) is 14.7. The molecule has 2 aromatic carbocycles. The summed E-state index contributed by atoms with van der Waals surface area (Å²) in [5.41, 5.74) is 1.60. The molecule has 0 unspecified atom stereocenters. The Morgan fingerprint density at radius 2 is 2.04 bits per heavy atom. The van der Waals surface area contributed by atoms with Gasteiger partial charge in [-0.1, -0.05) is 41.9 Å². The number of nitrogens with one attached hydrogen (secondary N) is 1. The molecule has 0 atom stereocenters. The summed E-state index contributed by atoms with van der Waals surface area (Å²) in [5, 5.41) is 12.0. The van der Waals surface area contributed by atoms with Gasteiger partial charge in [-0.25, -0.2) is 0 Å². The number of nitriles is 1. The van der Waals surface area contributed by atoms with E-state index in [4.69, 9.17) is 26.3 Å². The Balaban J connectivity index is 1.79. The Morgan fingerprint density at radius 3 is 2.72 bits per heavy atom. The largest absolute Gasteiger partial charge is 0.493 e. The van der Waals surface area contributed by atoms with Crippen LogP contribution in [0.25, 0.3) is 0 Å². The summed E-state index contributed by atoms with van der Waals surface area (Å²) in [4.78, 5) is 11.9. The maximum Gasteiger partial charge on any atom is 0.257 e. The molecule has 2 aromatic rings. The van der Waals surface area contributed by atoms with Crippen molar-refractivity contribution < 1.29 is 14.3 Å². The molecule has 0 aliphatic carbocycles. The van der Waals surface area contributed by atoms with Gasteiger partial charge in [0.2, 0.25) is 0 Å². The summed E-state index contributed by atoms with van der Waals surface area (Å²) in [6.07, 6.45) is 1.74. The van der Waals surface area contributed by atoms with Crippen LogP contribution < -0.4 is 14.8 Å². The third-order valence-electron chi connectivity index (χ3n) is 3.51. The van der Waals surface area contributed by atoms with Crippen LogP contribution in [0.2, 0.25) is 5.02 Å². The van der Waals surface area contributed by atoms with Gasteiger partial charge >= 0.3 is 0 Å². The molecule has 0 saturated carbocycles. The lowest BCUT2D eigenvalue weighted by Gasteiger charge is -2.12. The zero-order valence-electron chi connectivity index (χ0n) is 13.9. The number of methoxy groups -OCH3 is 1. The van der Waals surface area contributed by atoms with E-state index in [2.05, 4.69) is 17.4 Å². The van der Waals surface area contributed by atoms with Crippen LogP contribution in [0.5, 0.6) is 11.5 Å². The number of carbonyl (C=O) groups excluding carboxylic acids is 1. The van der Waals surface area contributed by atoms with Crippen LogP contribution in [0, 0.1) is 11.3 Å². The van der Waals surface area contributed by atoms with Crippen LogP contribution in [0.4, 0.5) is 0 Å². The summed E-state index contributed by atoms with van der Waals surface area (Å²) in [6.45, 7) is 0.392. The molecule has 0 bridgehead atoms. The number of carbonyl (C=O) groups is 1. The third-order valence-corrected chi connectivity index (χ3v) is 3.79. The minimum Gasteiger partial charge on any atom is -0.493 e. The molecule has 130 valence electrons. The molecule has 0 radical (unpaired) electrons. The van der Waals surface area contributed by atoms with Crippen LogP contribution in [0.1, 0.15) is 17.5 Å². The van der Waals surface area contributed by atoms with Gasteiger partial charge in [0.25, 0.3) is 5.91 Å². The molecule has 1 amide bonds. The van der Waals surface area contributed by atoms with Crippen LogP contribution in [0.3, 0.4) is 0 Å². The minimum absolute atomic E-state index is 0.173. The fraction of sp³-hybridized carbons (Fsp3) is 0.263. The van der Waals surface area contributed by atoms with E-state index < -0.39 is 0 Å². The van der Waals surface area contributed by atoms with E-state index in [0.29, 0.717) is 17.9 Å². The normalized spacial score (nSPS) is 9.96. The van der Waals surface area contributed by atoms with E-state index in [1.165, 1.54) is 24.8 Å². The van der Waals surface area contributed by atoms with E-state index in [-0.39, 0.29) is 23.3 Å². The molecule has 0 fully saturated rings. The average Bonchev–Trinajstić information content (AvgIpc) is 2.64. The van der Waals surface area contributed by atoms with Gasteiger partial charge in [0.1, 0.15) is 0 Å². The van der Waals surface area contributed by atoms with Crippen molar-refractivity contribution in [2.75, 3.05) is 20.3 Å². The molecule has 0 spiro atoms. The topological polar surface area (TPSA) is 71.3 Å². The number of halogens is 1. The second-order valence-electron chi connectivity index (χ2n) is 5.33. The SMILES string of the molecule is COc1cc(C#N)cc(Cl)c1OCC(=O)NCCCc1ccccc1. The van der Waals surface area contributed by atoms with Crippen LogP contribution >= 0.6 is 11.6 Å². The highest BCUT2D eigenvalue weighted by Gasteiger charge is 2.13. The van der Waals surface area contributed by atoms with Gasteiger partial charge in [0.05, 0.1) is 23.8 Å². The highest BCUT2D eigenvalue weighted by molar-refractivity contribution is 6.32. The number of ether oxygens (including phenoxy) is 2. The van der Waals surface area contributed by atoms with Crippen molar-refractivity contribution in [1.82, 2.24) is 5.32 Å². The molecule has 6 heteroatoms. The predicted molar refractivity (Wildman–Crippen MR) is 96.0 cm³/mol. The van der Waals surface area contributed by atoms with Gasteiger partial charge < -0.3 is 14.8 Å². The summed E-state index contributed by atoms with van der Waals surface area (Å²) in [7, 11) is 1.45. The van der Waals surface area contributed by atoms with E-state index in [1.54, 1.807) is 0 Å². The molecule has 0 aromatic heterocycles. The standard InChI is InChI=1S/C19H19ClN2O3/c1-24-17-11-15(12-21)10-16(20)19(17)25-13-18(23)22-9-5-8-14-6-3-2-4-7-14/h2-4,6-7,10-11H,5,8-9,13H2,1H3,(H,22,23). The quantitative estimate of drug-likeness (QED) is 0.734. The van der Waals surface area contributed by atoms with Crippen LogP contribution in [-0.4, -0.2) is 26.2 Å². The van der Waals surface area contributed by atoms with Gasteiger partial charge in [-0.05, 0) is 24.5 Å². The number of amides is 1. The summed E-state index contributed by atoms with van der Waals surface area (Å²) in [5.74, 6) is 0.332. The lowest BCUT2D eigenvalue weighted by atomic mass is 10.1. The van der Waals surface area contributed by atoms with Crippen molar-refractivity contribution in [3.05, 3.63) is 58.6 Å². The average molecular weight is 359 g/mol. The Morgan fingerprint density at radius 1 is 1.28 bits per heavy atom. The van der Waals surface area contributed by atoms with E-state index in [1.807, 2.05) is 24.3 Å².